The SMILES string of the molecule is CC(C)(C)n1nc(-c2ccc(OCC3CO3)cc2)c(C#N)c1-c1ccc(OCC2CO2)cc1. The van der Waals surface area contributed by atoms with Crippen LogP contribution in [0.3, 0.4) is 0 Å². The molecule has 5 rings (SSSR count). The molecule has 1 aromatic heterocycles. The topological polar surface area (TPSA) is 85.1 Å². The molecule has 2 atom stereocenters. The second kappa shape index (κ2) is 8.54. The highest BCUT2D eigenvalue weighted by Crippen LogP contribution is 2.36. The van der Waals surface area contributed by atoms with Crippen LogP contribution in [0, 0.1) is 11.3 Å². The lowest BCUT2D eigenvalue weighted by Gasteiger charge is -2.22. The molecule has 7 heteroatoms. The average Bonchev–Trinajstić information content (AvgIpc) is 3.74. The molecule has 0 radical (unpaired) electrons. The molecule has 0 spiro atoms. The van der Waals surface area contributed by atoms with Gasteiger partial charge in [0.15, 0.2) is 0 Å². The van der Waals surface area contributed by atoms with Crippen molar-refractivity contribution in [3.8, 4) is 40.1 Å². The molecule has 2 aliphatic heterocycles. The van der Waals surface area contributed by atoms with E-state index in [2.05, 4.69) is 26.8 Å². The fourth-order valence-corrected chi connectivity index (χ4v) is 3.60. The van der Waals surface area contributed by atoms with Gasteiger partial charge in [-0.3, -0.25) is 4.68 Å². The molecule has 0 saturated carbocycles. The van der Waals surface area contributed by atoms with Crippen LogP contribution >= 0.6 is 0 Å². The minimum Gasteiger partial charge on any atom is -0.491 e. The Morgan fingerprint density at radius 2 is 1.39 bits per heavy atom. The molecule has 0 bridgehead atoms. The van der Waals surface area contributed by atoms with Crippen molar-refractivity contribution in [2.45, 2.75) is 38.5 Å². The molecule has 2 unspecified atom stereocenters. The highest BCUT2D eigenvalue weighted by atomic mass is 16.6. The van der Waals surface area contributed by atoms with Gasteiger partial charge in [0.1, 0.15) is 54.2 Å². The first-order valence-corrected chi connectivity index (χ1v) is 11.2. The first-order chi connectivity index (χ1) is 15.9. The van der Waals surface area contributed by atoms with E-state index in [1.54, 1.807) is 0 Å². The molecule has 2 saturated heterocycles. The third kappa shape index (κ3) is 4.87. The zero-order valence-electron chi connectivity index (χ0n) is 19.1. The number of nitrogens with zero attached hydrogens (tertiary/aromatic N) is 3. The Kier molecular flexibility index (Phi) is 5.57. The van der Waals surface area contributed by atoms with Gasteiger partial charge in [0.25, 0.3) is 0 Å². The molecule has 2 aromatic carbocycles. The molecule has 3 aromatic rings. The third-order valence-electron chi connectivity index (χ3n) is 5.56. The van der Waals surface area contributed by atoms with Crippen LogP contribution in [-0.4, -0.2) is 48.4 Å². The molecule has 3 heterocycles. The highest BCUT2D eigenvalue weighted by molar-refractivity contribution is 5.79. The van der Waals surface area contributed by atoms with Crippen molar-refractivity contribution in [3.63, 3.8) is 0 Å². The van der Waals surface area contributed by atoms with E-state index in [1.165, 1.54) is 0 Å². The fourth-order valence-electron chi connectivity index (χ4n) is 3.60. The van der Waals surface area contributed by atoms with Gasteiger partial charge in [0.2, 0.25) is 0 Å². The summed E-state index contributed by atoms with van der Waals surface area (Å²) in [6.45, 7) is 8.88. The summed E-state index contributed by atoms with van der Waals surface area (Å²) in [6, 6.07) is 17.9. The van der Waals surface area contributed by atoms with E-state index in [9.17, 15) is 5.26 Å². The molecule has 7 nitrogen and oxygen atoms in total. The second-order valence-corrected chi connectivity index (χ2v) is 9.35. The van der Waals surface area contributed by atoms with Crippen molar-refractivity contribution >= 4 is 0 Å². The Balaban J connectivity index is 1.47. The zero-order chi connectivity index (χ0) is 23.0. The summed E-state index contributed by atoms with van der Waals surface area (Å²) in [4.78, 5) is 0. The molecular weight excluding hydrogens is 418 g/mol. The number of rotatable bonds is 8. The second-order valence-electron chi connectivity index (χ2n) is 9.35. The maximum Gasteiger partial charge on any atom is 0.119 e. The van der Waals surface area contributed by atoms with Crippen LogP contribution in [0.1, 0.15) is 26.3 Å². The van der Waals surface area contributed by atoms with Crippen molar-refractivity contribution in [2.24, 2.45) is 0 Å². The van der Waals surface area contributed by atoms with Crippen LogP contribution in [0.5, 0.6) is 11.5 Å². The van der Waals surface area contributed by atoms with Crippen molar-refractivity contribution in [2.75, 3.05) is 26.4 Å². The zero-order valence-corrected chi connectivity index (χ0v) is 19.1. The summed E-state index contributed by atoms with van der Waals surface area (Å²) in [5, 5.41) is 15.0. The summed E-state index contributed by atoms with van der Waals surface area (Å²) < 4.78 is 23.8. The van der Waals surface area contributed by atoms with Gasteiger partial charge >= 0.3 is 0 Å². The van der Waals surface area contributed by atoms with Gasteiger partial charge in [-0.05, 0) is 69.3 Å². The van der Waals surface area contributed by atoms with Crippen LogP contribution in [0.4, 0.5) is 0 Å². The van der Waals surface area contributed by atoms with E-state index in [0.29, 0.717) is 24.5 Å². The molecule has 2 fully saturated rings. The quantitative estimate of drug-likeness (QED) is 0.478. The largest absolute Gasteiger partial charge is 0.491 e. The van der Waals surface area contributed by atoms with Crippen LogP contribution in [0.25, 0.3) is 22.5 Å². The monoisotopic (exact) mass is 445 g/mol. The number of nitriles is 1. The fraction of sp³-hybridized carbons (Fsp3) is 0.385. The first-order valence-electron chi connectivity index (χ1n) is 11.2. The molecular formula is C26H27N3O4. The van der Waals surface area contributed by atoms with Gasteiger partial charge in [-0.1, -0.05) is 0 Å². The van der Waals surface area contributed by atoms with Crippen LogP contribution in [0.15, 0.2) is 48.5 Å². The number of epoxide rings is 2. The lowest BCUT2D eigenvalue weighted by Crippen LogP contribution is -2.24. The Bertz CT molecular complexity index is 1160. The van der Waals surface area contributed by atoms with E-state index in [-0.39, 0.29) is 17.7 Å². The van der Waals surface area contributed by atoms with Gasteiger partial charge in [-0.2, -0.15) is 10.4 Å². The van der Waals surface area contributed by atoms with Crippen molar-refractivity contribution < 1.29 is 18.9 Å². The minimum atomic E-state index is -0.315. The summed E-state index contributed by atoms with van der Waals surface area (Å²) in [6.07, 6.45) is 0.414. The predicted octanol–water partition coefficient (Wildman–Crippen LogP) is 4.40. The summed E-state index contributed by atoms with van der Waals surface area (Å²) in [5.74, 6) is 1.55. The molecule has 0 aliphatic carbocycles. The first kappa shape index (κ1) is 21.5. The minimum absolute atomic E-state index is 0.207. The highest BCUT2D eigenvalue weighted by Gasteiger charge is 2.27. The normalized spacial score (nSPS) is 19.1. The van der Waals surface area contributed by atoms with Gasteiger partial charge in [-0.15, -0.1) is 0 Å². The number of benzene rings is 2. The lowest BCUT2D eigenvalue weighted by atomic mass is 10.0. The Morgan fingerprint density at radius 1 is 0.909 bits per heavy atom. The lowest BCUT2D eigenvalue weighted by molar-refractivity contribution is 0.263. The maximum absolute atomic E-state index is 10.1. The van der Waals surface area contributed by atoms with E-state index < -0.39 is 0 Å². The van der Waals surface area contributed by atoms with E-state index in [0.717, 1.165) is 41.5 Å². The van der Waals surface area contributed by atoms with Crippen molar-refractivity contribution in [3.05, 3.63) is 54.1 Å². The third-order valence-corrected chi connectivity index (χ3v) is 5.56. The van der Waals surface area contributed by atoms with E-state index in [4.69, 9.17) is 24.0 Å². The van der Waals surface area contributed by atoms with Crippen LogP contribution < -0.4 is 9.47 Å². The summed E-state index contributed by atoms with van der Waals surface area (Å²) in [5.41, 5.74) is 3.47. The number of aromatic nitrogens is 2. The maximum atomic E-state index is 10.1. The number of hydrogen-bond acceptors (Lipinski definition) is 6. The summed E-state index contributed by atoms with van der Waals surface area (Å²) in [7, 11) is 0. The van der Waals surface area contributed by atoms with Crippen molar-refractivity contribution in [1.82, 2.24) is 9.78 Å². The Hall–Kier alpha value is -3.34. The van der Waals surface area contributed by atoms with Crippen molar-refractivity contribution in [1.29, 1.82) is 5.26 Å². The van der Waals surface area contributed by atoms with Gasteiger partial charge in [0.05, 0.1) is 24.4 Å². The molecule has 0 amide bonds. The standard InChI is InChI=1S/C26H27N3O4/c1-26(2,3)29-25(18-6-10-20(11-7-18)31-14-22-16-33-22)23(12-27)24(28-29)17-4-8-19(9-5-17)30-13-21-15-32-21/h4-11,21-22H,13-16H2,1-3H3. The molecule has 0 N–H and O–H groups in total. The molecule has 170 valence electrons. The van der Waals surface area contributed by atoms with Crippen LogP contribution in [0.2, 0.25) is 0 Å². The Labute approximate surface area is 193 Å². The average molecular weight is 446 g/mol. The van der Waals surface area contributed by atoms with Gasteiger partial charge < -0.3 is 18.9 Å². The van der Waals surface area contributed by atoms with E-state index >= 15 is 0 Å². The van der Waals surface area contributed by atoms with Gasteiger partial charge in [-0.25, -0.2) is 0 Å². The number of ether oxygens (including phenoxy) is 4. The molecule has 2 aliphatic rings. The van der Waals surface area contributed by atoms with Crippen LogP contribution in [-0.2, 0) is 15.0 Å². The smallest absolute Gasteiger partial charge is 0.119 e. The number of hydrogen-bond donors (Lipinski definition) is 0. The van der Waals surface area contributed by atoms with Gasteiger partial charge in [0, 0.05) is 11.1 Å². The van der Waals surface area contributed by atoms with E-state index in [1.807, 2.05) is 53.2 Å². The summed E-state index contributed by atoms with van der Waals surface area (Å²) >= 11 is 0. The Morgan fingerprint density at radius 3 is 1.82 bits per heavy atom. The predicted molar refractivity (Wildman–Crippen MR) is 123 cm³/mol. The molecule has 33 heavy (non-hydrogen) atoms.